The van der Waals surface area contributed by atoms with Crippen LogP contribution in [0.2, 0.25) is 0 Å². The molecule has 0 bridgehead atoms. The molecule has 1 aromatic heterocycles. The molecule has 0 aliphatic rings. The maximum absolute atomic E-state index is 13.5. The lowest BCUT2D eigenvalue weighted by Gasteiger charge is -2.11. The minimum Gasteiger partial charge on any atom is -0.392 e. The molecule has 3 nitrogen and oxygen atoms in total. The Labute approximate surface area is 112 Å². The van der Waals surface area contributed by atoms with Gasteiger partial charge in [0.2, 0.25) is 0 Å². The maximum Gasteiger partial charge on any atom is 0.126 e. The summed E-state index contributed by atoms with van der Waals surface area (Å²) in [6, 6.07) is 6.57. The first-order valence-electron chi connectivity index (χ1n) is 6.39. The van der Waals surface area contributed by atoms with Crippen molar-refractivity contribution in [3.8, 4) is 0 Å². The molecule has 0 saturated heterocycles. The molecule has 1 unspecified atom stereocenters. The molecule has 0 aliphatic heterocycles. The Morgan fingerprint density at radius 1 is 1.26 bits per heavy atom. The van der Waals surface area contributed by atoms with Crippen molar-refractivity contribution in [2.24, 2.45) is 7.05 Å². The molecule has 2 rings (SSSR count). The van der Waals surface area contributed by atoms with E-state index in [-0.39, 0.29) is 5.82 Å². The van der Waals surface area contributed by atoms with Gasteiger partial charge in [0.05, 0.1) is 11.8 Å². The first-order chi connectivity index (χ1) is 8.99. The summed E-state index contributed by atoms with van der Waals surface area (Å²) in [5.74, 6) is -0.263. The number of aliphatic hydroxyl groups excluding tert-OH is 1. The quantitative estimate of drug-likeness (QED) is 0.918. The lowest BCUT2D eigenvalue weighted by molar-refractivity contribution is 0.173. The van der Waals surface area contributed by atoms with Crippen molar-refractivity contribution in [2.45, 2.75) is 32.8 Å². The SMILES string of the molecule is Cc1nn(C)c(C)c1CC(O)Cc1ccccc1F. The molecule has 0 radical (unpaired) electrons. The Morgan fingerprint density at radius 3 is 2.53 bits per heavy atom. The monoisotopic (exact) mass is 262 g/mol. The van der Waals surface area contributed by atoms with Gasteiger partial charge >= 0.3 is 0 Å². The van der Waals surface area contributed by atoms with Gasteiger partial charge in [-0.1, -0.05) is 18.2 Å². The normalized spacial score (nSPS) is 12.7. The lowest BCUT2D eigenvalue weighted by atomic mass is 10.00. The lowest BCUT2D eigenvalue weighted by Crippen LogP contribution is -2.15. The van der Waals surface area contributed by atoms with Crippen LogP contribution in [0.1, 0.15) is 22.5 Å². The van der Waals surface area contributed by atoms with E-state index in [0.29, 0.717) is 18.4 Å². The van der Waals surface area contributed by atoms with Crippen LogP contribution in [0.4, 0.5) is 4.39 Å². The molecule has 19 heavy (non-hydrogen) atoms. The molecule has 1 atom stereocenters. The summed E-state index contributed by atoms with van der Waals surface area (Å²) in [4.78, 5) is 0. The van der Waals surface area contributed by atoms with Crippen LogP contribution in [0.25, 0.3) is 0 Å². The van der Waals surface area contributed by atoms with Gasteiger partial charge in [-0.3, -0.25) is 4.68 Å². The Hall–Kier alpha value is -1.68. The number of benzene rings is 1. The molecule has 0 fully saturated rings. The molecule has 0 spiro atoms. The summed E-state index contributed by atoms with van der Waals surface area (Å²) < 4.78 is 15.3. The second kappa shape index (κ2) is 5.53. The number of hydrogen-bond acceptors (Lipinski definition) is 2. The third kappa shape index (κ3) is 3.01. The summed E-state index contributed by atoms with van der Waals surface area (Å²) >= 11 is 0. The first kappa shape index (κ1) is 13.7. The summed E-state index contributed by atoms with van der Waals surface area (Å²) in [6.45, 7) is 3.91. The van der Waals surface area contributed by atoms with Crippen LogP contribution in [0.15, 0.2) is 24.3 Å². The average molecular weight is 262 g/mol. The zero-order valence-corrected chi connectivity index (χ0v) is 11.5. The van der Waals surface area contributed by atoms with Crippen LogP contribution in [-0.4, -0.2) is 21.0 Å². The largest absolute Gasteiger partial charge is 0.392 e. The van der Waals surface area contributed by atoms with E-state index < -0.39 is 6.10 Å². The first-order valence-corrected chi connectivity index (χ1v) is 6.39. The summed E-state index contributed by atoms with van der Waals surface area (Å²) in [5.41, 5.74) is 3.57. The Bertz CT molecular complexity index is 578. The second-order valence-corrected chi connectivity index (χ2v) is 4.93. The number of rotatable bonds is 4. The van der Waals surface area contributed by atoms with Crippen LogP contribution in [-0.2, 0) is 19.9 Å². The minimum atomic E-state index is -0.599. The Morgan fingerprint density at radius 2 is 1.95 bits per heavy atom. The van der Waals surface area contributed by atoms with Crippen LogP contribution < -0.4 is 0 Å². The van der Waals surface area contributed by atoms with Crippen molar-refractivity contribution in [3.63, 3.8) is 0 Å². The number of aliphatic hydroxyl groups is 1. The minimum absolute atomic E-state index is 0.263. The molecular weight excluding hydrogens is 243 g/mol. The average Bonchev–Trinajstić information content (AvgIpc) is 2.59. The zero-order chi connectivity index (χ0) is 14.0. The van der Waals surface area contributed by atoms with E-state index in [9.17, 15) is 9.50 Å². The fourth-order valence-electron chi connectivity index (χ4n) is 2.34. The molecular formula is C15H19FN2O. The second-order valence-electron chi connectivity index (χ2n) is 4.93. The van der Waals surface area contributed by atoms with Gasteiger partial charge in [-0.2, -0.15) is 5.10 Å². The van der Waals surface area contributed by atoms with Gasteiger partial charge in [0.25, 0.3) is 0 Å². The van der Waals surface area contributed by atoms with E-state index in [2.05, 4.69) is 5.10 Å². The van der Waals surface area contributed by atoms with Gasteiger partial charge in [-0.15, -0.1) is 0 Å². The van der Waals surface area contributed by atoms with Gasteiger partial charge in [-0.05, 0) is 31.0 Å². The molecule has 102 valence electrons. The molecule has 2 aromatic rings. The van der Waals surface area contributed by atoms with Gasteiger partial charge < -0.3 is 5.11 Å². The third-order valence-electron chi connectivity index (χ3n) is 3.51. The predicted octanol–water partition coefficient (Wildman–Crippen LogP) is 2.32. The highest BCUT2D eigenvalue weighted by molar-refractivity contribution is 5.26. The van der Waals surface area contributed by atoms with Crippen LogP contribution in [0, 0.1) is 19.7 Å². The van der Waals surface area contributed by atoms with E-state index in [1.165, 1.54) is 6.07 Å². The van der Waals surface area contributed by atoms with Gasteiger partial charge in [0.1, 0.15) is 5.82 Å². The molecule has 0 amide bonds. The van der Waals surface area contributed by atoms with Gasteiger partial charge in [-0.25, -0.2) is 4.39 Å². The summed E-state index contributed by atoms with van der Waals surface area (Å²) in [6.07, 6.45) is 0.221. The molecule has 0 aliphatic carbocycles. The number of halogens is 1. The van der Waals surface area contributed by atoms with Crippen molar-refractivity contribution >= 4 is 0 Å². The van der Waals surface area contributed by atoms with E-state index in [1.54, 1.807) is 22.9 Å². The highest BCUT2D eigenvalue weighted by atomic mass is 19.1. The summed E-state index contributed by atoms with van der Waals surface area (Å²) in [5, 5.41) is 14.5. The van der Waals surface area contributed by atoms with E-state index in [1.807, 2.05) is 20.9 Å². The smallest absolute Gasteiger partial charge is 0.126 e. The number of aromatic nitrogens is 2. The van der Waals surface area contributed by atoms with Gasteiger partial charge in [0, 0.05) is 25.6 Å². The van der Waals surface area contributed by atoms with Gasteiger partial charge in [0.15, 0.2) is 0 Å². The molecule has 1 heterocycles. The highest BCUT2D eigenvalue weighted by Gasteiger charge is 2.15. The molecule has 1 N–H and O–H groups in total. The molecule has 1 aromatic carbocycles. The summed E-state index contributed by atoms with van der Waals surface area (Å²) in [7, 11) is 1.88. The van der Waals surface area contributed by atoms with Crippen molar-refractivity contribution in [1.29, 1.82) is 0 Å². The van der Waals surface area contributed by atoms with Crippen LogP contribution in [0.5, 0.6) is 0 Å². The van der Waals surface area contributed by atoms with Crippen molar-refractivity contribution in [1.82, 2.24) is 9.78 Å². The van der Waals surface area contributed by atoms with Crippen LogP contribution in [0.3, 0.4) is 0 Å². The fraction of sp³-hybridized carbons (Fsp3) is 0.400. The Balaban J connectivity index is 2.10. The van der Waals surface area contributed by atoms with Crippen LogP contribution >= 0.6 is 0 Å². The maximum atomic E-state index is 13.5. The third-order valence-corrected chi connectivity index (χ3v) is 3.51. The van der Waals surface area contributed by atoms with E-state index in [4.69, 9.17) is 0 Å². The highest BCUT2D eigenvalue weighted by Crippen LogP contribution is 2.17. The predicted molar refractivity (Wildman–Crippen MR) is 72.5 cm³/mol. The topological polar surface area (TPSA) is 38.0 Å². The van der Waals surface area contributed by atoms with Crippen molar-refractivity contribution in [3.05, 3.63) is 52.6 Å². The van der Waals surface area contributed by atoms with E-state index >= 15 is 0 Å². The number of aryl methyl sites for hydroxylation is 2. The molecule has 0 saturated carbocycles. The standard InChI is InChI=1S/C15H19FN2O/c1-10-14(11(2)18(3)17-10)9-13(19)8-12-6-4-5-7-15(12)16/h4-7,13,19H,8-9H2,1-3H3. The Kier molecular flexibility index (Phi) is 4.00. The number of nitrogens with zero attached hydrogens (tertiary/aromatic N) is 2. The molecule has 4 heteroatoms. The zero-order valence-electron chi connectivity index (χ0n) is 11.5. The van der Waals surface area contributed by atoms with Crippen molar-refractivity contribution < 1.29 is 9.50 Å². The van der Waals surface area contributed by atoms with E-state index in [0.717, 1.165) is 17.0 Å². The fourth-order valence-corrected chi connectivity index (χ4v) is 2.34. The van der Waals surface area contributed by atoms with Crippen molar-refractivity contribution in [2.75, 3.05) is 0 Å². The number of hydrogen-bond donors (Lipinski definition) is 1.